The number of hydrogen-bond acceptors (Lipinski definition) is 7. The Morgan fingerprint density at radius 1 is 1.33 bits per heavy atom. The molecule has 2 aromatic rings. The van der Waals surface area contributed by atoms with Crippen LogP contribution < -0.4 is 5.32 Å². The topological polar surface area (TPSA) is 66.8 Å². The number of piperidine rings is 1. The van der Waals surface area contributed by atoms with Crippen LogP contribution in [0.5, 0.6) is 0 Å². The summed E-state index contributed by atoms with van der Waals surface area (Å²) in [6, 6.07) is 0. The first-order valence-electron chi connectivity index (χ1n) is 7.34. The molecular formula is C14H20N6S. The number of likely N-dealkylation sites (tertiary alicyclic amines) is 1. The summed E-state index contributed by atoms with van der Waals surface area (Å²) in [7, 11) is 2.16. The van der Waals surface area contributed by atoms with Crippen LogP contribution in [0.2, 0.25) is 0 Å². The predicted molar refractivity (Wildman–Crippen MR) is 84.1 cm³/mol. The molecule has 0 saturated carbocycles. The van der Waals surface area contributed by atoms with Crippen molar-refractivity contribution in [3.63, 3.8) is 0 Å². The predicted octanol–water partition coefficient (Wildman–Crippen LogP) is 2.44. The second-order valence-electron chi connectivity index (χ2n) is 5.41. The number of anilines is 2. The van der Waals surface area contributed by atoms with Crippen LogP contribution in [0.1, 0.15) is 36.4 Å². The van der Waals surface area contributed by atoms with Crippen molar-refractivity contribution < 1.29 is 0 Å². The van der Waals surface area contributed by atoms with Crippen LogP contribution in [0, 0.1) is 0 Å². The van der Waals surface area contributed by atoms with Crippen LogP contribution >= 0.6 is 11.3 Å². The third-order valence-electron chi connectivity index (χ3n) is 3.72. The smallest absolute Gasteiger partial charge is 0.211 e. The molecule has 0 aromatic carbocycles. The van der Waals surface area contributed by atoms with Crippen molar-refractivity contribution in [2.45, 2.75) is 32.1 Å². The Morgan fingerprint density at radius 2 is 2.24 bits per heavy atom. The van der Waals surface area contributed by atoms with Gasteiger partial charge in [-0.2, -0.15) is 0 Å². The van der Waals surface area contributed by atoms with E-state index in [2.05, 4.69) is 44.4 Å². The number of nitrogens with zero attached hydrogens (tertiary/aromatic N) is 5. The summed E-state index contributed by atoms with van der Waals surface area (Å²) < 4.78 is 0. The number of aryl methyl sites for hydroxylation is 1. The zero-order valence-corrected chi connectivity index (χ0v) is 13.2. The van der Waals surface area contributed by atoms with Crippen molar-refractivity contribution in [3.8, 4) is 0 Å². The molecule has 0 aliphatic carbocycles. The Morgan fingerprint density at radius 3 is 2.90 bits per heavy atom. The van der Waals surface area contributed by atoms with Crippen LogP contribution in [0.4, 0.5) is 10.9 Å². The molecule has 3 heterocycles. The number of rotatable bonds is 4. The summed E-state index contributed by atoms with van der Waals surface area (Å²) >= 11 is 1.55. The Balaban J connectivity index is 1.66. The molecule has 1 aliphatic rings. The van der Waals surface area contributed by atoms with E-state index in [-0.39, 0.29) is 0 Å². The first kappa shape index (κ1) is 14.3. The molecule has 3 rings (SSSR count). The lowest BCUT2D eigenvalue weighted by Crippen LogP contribution is -2.31. The third kappa shape index (κ3) is 3.54. The fraction of sp³-hybridized carbons (Fsp3) is 0.571. The van der Waals surface area contributed by atoms with Gasteiger partial charge in [0.25, 0.3) is 0 Å². The number of hydrogen-bond donors (Lipinski definition) is 1. The highest BCUT2D eigenvalue weighted by atomic mass is 32.1. The second-order valence-corrected chi connectivity index (χ2v) is 6.47. The highest BCUT2D eigenvalue weighted by Gasteiger charge is 2.20. The van der Waals surface area contributed by atoms with Crippen molar-refractivity contribution in [2.24, 2.45) is 0 Å². The lowest BCUT2D eigenvalue weighted by Gasteiger charge is -2.29. The van der Waals surface area contributed by atoms with Crippen LogP contribution in [0.3, 0.4) is 0 Å². The van der Waals surface area contributed by atoms with Crippen LogP contribution in [0.25, 0.3) is 0 Å². The highest BCUT2D eigenvalue weighted by Crippen LogP contribution is 2.25. The van der Waals surface area contributed by atoms with Gasteiger partial charge >= 0.3 is 0 Å². The zero-order valence-electron chi connectivity index (χ0n) is 12.4. The maximum Gasteiger partial charge on any atom is 0.211 e. The van der Waals surface area contributed by atoms with Gasteiger partial charge in [-0.15, -0.1) is 10.2 Å². The molecule has 0 unspecified atom stereocenters. The number of nitrogens with one attached hydrogen (secondary N) is 1. The van der Waals surface area contributed by atoms with E-state index in [9.17, 15) is 0 Å². The van der Waals surface area contributed by atoms with Gasteiger partial charge < -0.3 is 10.2 Å². The molecule has 1 saturated heterocycles. The summed E-state index contributed by atoms with van der Waals surface area (Å²) in [5.41, 5.74) is 1.08. The van der Waals surface area contributed by atoms with E-state index in [4.69, 9.17) is 0 Å². The molecule has 1 fully saturated rings. The normalized spacial score (nSPS) is 19.6. The van der Waals surface area contributed by atoms with Gasteiger partial charge in [-0.05, 0) is 32.9 Å². The SMILES string of the molecule is CCc1nnc(Nc2cnc([C@H]3CCCN(C)C3)cn2)s1. The maximum absolute atomic E-state index is 4.56. The fourth-order valence-corrected chi connectivity index (χ4v) is 3.26. The van der Waals surface area contributed by atoms with Crippen molar-refractivity contribution in [1.82, 2.24) is 25.1 Å². The lowest BCUT2D eigenvalue weighted by atomic mass is 9.95. The van der Waals surface area contributed by atoms with Crippen LogP contribution in [-0.2, 0) is 6.42 Å². The molecule has 6 nitrogen and oxygen atoms in total. The van der Waals surface area contributed by atoms with Gasteiger partial charge in [0, 0.05) is 12.5 Å². The van der Waals surface area contributed by atoms with Crippen molar-refractivity contribution >= 4 is 22.3 Å². The molecule has 0 spiro atoms. The zero-order chi connectivity index (χ0) is 14.7. The molecule has 0 amide bonds. The summed E-state index contributed by atoms with van der Waals surface area (Å²) in [6.45, 7) is 4.32. The lowest BCUT2D eigenvalue weighted by molar-refractivity contribution is 0.248. The second kappa shape index (κ2) is 6.44. The highest BCUT2D eigenvalue weighted by molar-refractivity contribution is 7.15. The van der Waals surface area contributed by atoms with Gasteiger partial charge in [-0.25, -0.2) is 4.98 Å². The minimum absolute atomic E-state index is 0.499. The molecule has 7 heteroatoms. The van der Waals surface area contributed by atoms with E-state index < -0.39 is 0 Å². The summed E-state index contributed by atoms with van der Waals surface area (Å²) in [5, 5.41) is 13.1. The van der Waals surface area contributed by atoms with E-state index in [1.807, 2.05) is 6.20 Å². The summed E-state index contributed by atoms with van der Waals surface area (Å²) in [4.78, 5) is 11.4. The summed E-state index contributed by atoms with van der Waals surface area (Å²) in [6.07, 6.45) is 7.00. The quantitative estimate of drug-likeness (QED) is 0.936. The monoisotopic (exact) mass is 304 g/mol. The Bertz CT molecular complexity index is 581. The average molecular weight is 304 g/mol. The molecule has 0 radical (unpaired) electrons. The molecule has 1 N–H and O–H groups in total. The van der Waals surface area contributed by atoms with Crippen molar-refractivity contribution in [3.05, 3.63) is 23.1 Å². The molecule has 0 bridgehead atoms. The van der Waals surface area contributed by atoms with Crippen LogP contribution in [-0.4, -0.2) is 45.2 Å². The first-order valence-corrected chi connectivity index (χ1v) is 8.16. The van der Waals surface area contributed by atoms with Gasteiger partial charge in [0.2, 0.25) is 5.13 Å². The Hall–Kier alpha value is -1.60. The maximum atomic E-state index is 4.56. The molecule has 21 heavy (non-hydrogen) atoms. The fourth-order valence-electron chi connectivity index (χ4n) is 2.58. The van der Waals surface area contributed by atoms with E-state index in [0.29, 0.717) is 5.92 Å². The molecule has 112 valence electrons. The van der Waals surface area contributed by atoms with Crippen LogP contribution in [0.15, 0.2) is 12.4 Å². The molecule has 1 aliphatic heterocycles. The van der Waals surface area contributed by atoms with E-state index in [1.54, 1.807) is 17.5 Å². The van der Waals surface area contributed by atoms with E-state index in [0.717, 1.165) is 34.6 Å². The van der Waals surface area contributed by atoms with Gasteiger partial charge in [0.05, 0.1) is 18.1 Å². The number of aromatic nitrogens is 4. The van der Waals surface area contributed by atoms with E-state index >= 15 is 0 Å². The van der Waals surface area contributed by atoms with Crippen molar-refractivity contribution in [1.29, 1.82) is 0 Å². The Kier molecular flexibility index (Phi) is 4.40. The minimum atomic E-state index is 0.499. The molecular weight excluding hydrogens is 284 g/mol. The van der Waals surface area contributed by atoms with Gasteiger partial charge in [0.1, 0.15) is 5.01 Å². The molecule has 1 atom stereocenters. The first-order chi connectivity index (χ1) is 10.2. The number of likely N-dealkylation sites (N-methyl/N-ethyl adjacent to an activating group) is 1. The molecule has 2 aromatic heterocycles. The average Bonchev–Trinajstić information content (AvgIpc) is 2.96. The standard InChI is InChI=1S/C14H20N6S/c1-3-13-18-19-14(21-13)17-12-8-15-11(7-16-12)10-5-4-6-20(2)9-10/h7-8,10H,3-6,9H2,1-2H3,(H,16,17,19)/t10-/m0/s1. The van der Waals surface area contributed by atoms with Gasteiger partial charge in [-0.1, -0.05) is 18.3 Å². The largest absolute Gasteiger partial charge is 0.313 e. The Labute approximate surface area is 128 Å². The minimum Gasteiger partial charge on any atom is -0.313 e. The van der Waals surface area contributed by atoms with Crippen molar-refractivity contribution in [2.75, 3.05) is 25.5 Å². The van der Waals surface area contributed by atoms with Gasteiger partial charge in [-0.3, -0.25) is 4.98 Å². The van der Waals surface area contributed by atoms with E-state index in [1.165, 1.54) is 19.4 Å². The van der Waals surface area contributed by atoms with Gasteiger partial charge in [0.15, 0.2) is 5.82 Å². The third-order valence-corrected chi connectivity index (χ3v) is 4.70. The summed E-state index contributed by atoms with van der Waals surface area (Å²) in [5.74, 6) is 1.22.